The number of benzene rings is 2. The standard InChI is InChI=1S/C18H14N2O5S/c1-2-25-15-9-7-13(8-10-15)19-17(21)16(26-18(19)22)11-12-3-5-14(6-4-12)20(23)24/h3-11H,2H2,1H3. The van der Waals surface area contributed by atoms with Gasteiger partial charge in [0.05, 0.1) is 22.1 Å². The van der Waals surface area contributed by atoms with Gasteiger partial charge in [-0.3, -0.25) is 19.7 Å². The number of rotatable bonds is 5. The average molecular weight is 370 g/mol. The summed E-state index contributed by atoms with van der Waals surface area (Å²) in [7, 11) is 0. The summed E-state index contributed by atoms with van der Waals surface area (Å²) < 4.78 is 5.35. The Morgan fingerprint density at radius 1 is 1.12 bits per heavy atom. The van der Waals surface area contributed by atoms with E-state index in [0.717, 1.165) is 16.7 Å². The zero-order valence-corrected chi connectivity index (χ0v) is 14.6. The number of hydrogen-bond donors (Lipinski definition) is 0. The van der Waals surface area contributed by atoms with E-state index in [4.69, 9.17) is 4.74 Å². The van der Waals surface area contributed by atoms with Gasteiger partial charge >= 0.3 is 0 Å². The van der Waals surface area contributed by atoms with Gasteiger partial charge < -0.3 is 4.74 Å². The number of amides is 2. The first-order valence-electron chi connectivity index (χ1n) is 7.75. The Morgan fingerprint density at radius 2 is 1.77 bits per heavy atom. The van der Waals surface area contributed by atoms with E-state index in [9.17, 15) is 19.7 Å². The number of thioether (sulfide) groups is 1. The second kappa shape index (κ2) is 7.40. The molecule has 1 fully saturated rings. The Bertz CT molecular complexity index is 891. The zero-order chi connectivity index (χ0) is 18.7. The molecule has 0 saturated carbocycles. The van der Waals surface area contributed by atoms with Crippen molar-refractivity contribution >= 4 is 40.4 Å². The Hall–Kier alpha value is -3.13. The predicted octanol–water partition coefficient (Wildman–Crippen LogP) is 4.23. The third-order valence-electron chi connectivity index (χ3n) is 3.60. The van der Waals surface area contributed by atoms with Crippen LogP contribution < -0.4 is 9.64 Å². The molecule has 132 valence electrons. The van der Waals surface area contributed by atoms with Crippen LogP contribution in [0.3, 0.4) is 0 Å². The molecule has 0 aliphatic carbocycles. The van der Waals surface area contributed by atoms with Gasteiger partial charge in [-0.05, 0) is 66.7 Å². The number of non-ortho nitro benzene ring substituents is 1. The van der Waals surface area contributed by atoms with Crippen LogP contribution in [0.1, 0.15) is 12.5 Å². The van der Waals surface area contributed by atoms with E-state index in [2.05, 4.69) is 0 Å². The number of hydrogen-bond acceptors (Lipinski definition) is 6. The van der Waals surface area contributed by atoms with Crippen LogP contribution in [0.25, 0.3) is 6.08 Å². The van der Waals surface area contributed by atoms with Gasteiger partial charge in [0, 0.05) is 12.1 Å². The van der Waals surface area contributed by atoms with Crippen LogP contribution in [0, 0.1) is 10.1 Å². The Morgan fingerprint density at radius 3 is 2.35 bits per heavy atom. The summed E-state index contributed by atoms with van der Waals surface area (Å²) >= 11 is 0.830. The summed E-state index contributed by atoms with van der Waals surface area (Å²) in [5, 5.41) is 10.3. The molecule has 0 radical (unpaired) electrons. The van der Waals surface area contributed by atoms with Crippen LogP contribution in [0.5, 0.6) is 5.75 Å². The summed E-state index contributed by atoms with van der Waals surface area (Å²) in [4.78, 5) is 36.4. The minimum Gasteiger partial charge on any atom is -0.494 e. The fourth-order valence-electron chi connectivity index (χ4n) is 2.39. The second-order valence-corrected chi connectivity index (χ2v) is 6.29. The molecule has 0 spiro atoms. The first-order chi connectivity index (χ1) is 12.5. The molecular weight excluding hydrogens is 356 g/mol. The van der Waals surface area contributed by atoms with Crippen LogP contribution in [0.2, 0.25) is 0 Å². The Labute approximate surface area is 153 Å². The topological polar surface area (TPSA) is 89.8 Å². The molecule has 0 N–H and O–H groups in total. The highest BCUT2D eigenvalue weighted by Crippen LogP contribution is 2.36. The lowest BCUT2D eigenvalue weighted by Crippen LogP contribution is -2.27. The number of nitro benzene ring substituents is 1. The molecule has 2 amide bonds. The zero-order valence-electron chi connectivity index (χ0n) is 13.7. The molecular formula is C18H14N2O5S. The first kappa shape index (κ1) is 17.7. The molecule has 2 aromatic carbocycles. The smallest absolute Gasteiger partial charge is 0.298 e. The van der Waals surface area contributed by atoms with E-state index in [0.29, 0.717) is 23.6 Å². The van der Waals surface area contributed by atoms with Crippen LogP contribution in [-0.4, -0.2) is 22.7 Å². The fraction of sp³-hybridized carbons (Fsp3) is 0.111. The Balaban J connectivity index is 1.82. The maximum Gasteiger partial charge on any atom is 0.298 e. The van der Waals surface area contributed by atoms with Crippen molar-refractivity contribution in [1.82, 2.24) is 0 Å². The SMILES string of the molecule is CCOc1ccc(N2C(=O)SC(=Cc3ccc([N+](=O)[O-])cc3)C2=O)cc1. The number of nitrogens with zero attached hydrogens (tertiary/aromatic N) is 2. The Kier molecular flexibility index (Phi) is 5.04. The molecule has 3 rings (SSSR count). The van der Waals surface area contributed by atoms with Gasteiger partial charge in [0.2, 0.25) is 0 Å². The lowest BCUT2D eigenvalue weighted by Gasteiger charge is -2.13. The van der Waals surface area contributed by atoms with Crippen molar-refractivity contribution in [3.8, 4) is 5.75 Å². The highest BCUT2D eigenvalue weighted by molar-refractivity contribution is 8.19. The van der Waals surface area contributed by atoms with Gasteiger partial charge in [-0.1, -0.05) is 0 Å². The van der Waals surface area contributed by atoms with E-state index in [1.807, 2.05) is 6.92 Å². The average Bonchev–Trinajstić information content (AvgIpc) is 2.90. The van der Waals surface area contributed by atoms with Crippen molar-refractivity contribution in [1.29, 1.82) is 0 Å². The van der Waals surface area contributed by atoms with Gasteiger partial charge in [-0.25, -0.2) is 4.90 Å². The maximum atomic E-state index is 12.6. The van der Waals surface area contributed by atoms with Crippen molar-refractivity contribution in [3.05, 3.63) is 69.1 Å². The molecule has 0 aromatic heterocycles. The number of imide groups is 1. The number of carbonyl (C=O) groups is 2. The van der Waals surface area contributed by atoms with E-state index < -0.39 is 16.1 Å². The van der Waals surface area contributed by atoms with Gasteiger partial charge in [0.15, 0.2) is 0 Å². The second-order valence-electron chi connectivity index (χ2n) is 5.29. The molecule has 1 heterocycles. The summed E-state index contributed by atoms with van der Waals surface area (Å²) in [6, 6.07) is 12.5. The highest BCUT2D eigenvalue weighted by atomic mass is 32.2. The van der Waals surface area contributed by atoms with E-state index in [-0.39, 0.29) is 10.6 Å². The molecule has 1 saturated heterocycles. The van der Waals surface area contributed by atoms with E-state index in [1.54, 1.807) is 30.3 Å². The van der Waals surface area contributed by atoms with Crippen LogP contribution in [0.15, 0.2) is 53.4 Å². The molecule has 0 bridgehead atoms. The van der Waals surface area contributed by atoms with E-state index in [1.165, 1.54) is 24.3 Å². The highest BCUT2D eigenvalue weighted by Gasteiger charge is 2.36. The van der Waals surface area contributed by atoms with Crippen molar-refractivity contribution < 1.29 is 19.2 Å². The monoisotopic (exact) mass is 370 g/mol. The lowest BCUT2D eigenvalue weighted by molar-refractivity contribution is -0.384. The van der Waals surface area contributed by atoms with Crippen molar-refractivity contribution in [2.24, 2.45) is 0 Å². The summed E-state index contributed by atoms with van der Waals surface area (Å²) in [6.07, 6.45) is 1.54. The lowest BCUT2D eigenvalue weighted by atomic mass is 10.2. The van der Waals surface area contributed by atoms with Crippen molar-refractivity contribution in [2.75, 3.05) is 11.5 Å². The van der Waals surface area contributed by atoms with E-state index >= 15 is 0 Å². The van der Waals surface area contributed by atoms with Gasteiger partial charge in [-0.2, -0.15) is 0 Å². The first-order valence-corrected chi connectivity index (χ1v) is 8.56. The summed E-state index contributed by atoms with van der Waals surface area (Å²) in [5.74, 6) is 0.229. The molecule has 1 aliphatic heterocycles. The molecule has 2 aromatic rings. The third-order valence-corrected chi connectivity index (χ3v) is 4.47. The summed E-state index contributed by atoms with van der Waals surface area (Å²) in [5.41, 5.74) is 1.03. The van der Waals surface area contributed by atoms with Crippen LogP contribution in [0.4, 0.5) is 16.2 Å². The fourth-order valence-corrected chi connectivity index (χ4v) is 3.23. The molecule has 0 atom stereocenters. The molecule has 0 unspecified atom stereocenters. The molecule has 7 nitrogen and oxygen atoms in total. The molecule has 1 aliphatic rings. The normalized spacial score (nSPS) is 15.6. The molecule has 26 heavy (non-hydrogen) atoms. The van der Waals surface area contributed by atoms with Crippen molar-refractivity contribution in [3.63, 3.8) is 0 Å². The predicted molar refractivity (Wildman–Crippen MR) is 99.2 cm³/mol. The number of ether oxygens (including phenoxy) is 1. The van der Waals surface area contributed by atoms with Crippen LogP contribution >= 0.6 is 11.8 Å². The number of carbonyl (C=O) groups excluding carboxylic acids is 2. The van der Waals surface area contributed by atoms with Gasteiger partial charge in [0.25, 0.3) is 16.8 Å². The summed E-state index contributed by atoms with van der Waals surface area (Å²) in [6.45, 7) is 2.40. The minimum absolute atomic E-state index is 0.0374. The van der Waals surface area contributed by atoms with Crippen molar-refractivity contribution in [2.45, 2.75) is 6.92 Å². The van der Waals surface area contributed by atoms with Gasteiger partial charge in [0.1, 0.15) is 5.75 Å². The quantitative estimate of drug-likeness (QED) is 0.444. The number of anilines is 1. The molecule has 8 heteroatoms. The number of nitro groups is 1. The maximum absolute atomic E-state index is 12.6. The third kappa shape index (κ3) is 3.60. The largest absolute Gasteiger partial charge is 0.494 e. The van der Waals surface area contributed by atoms with Crippen LogP contribution in [-0.2, 0) is 4.79 Å². The van der Waals surface area contributed by atoms with Gasteiger partial charge in [-0.15, -0.1) is 0 Å². The minimum atomic E-state index is -0.496.